The Morgan fingerprint density at radius 2 is 1.76 bits per heavy atom. The highest BCUT2D eigenvalue weighted by Crippen LogP contribution is 2.23. The summed E-state index contributed by atoms with van der Waals surface area (Å²) in [6.07, 6.45) is 4.70. The number of amides is 1. The van der Waals surface area contributed by atoms with Gasteiger partial charge < -0.3 is 5.32 Å². The van der Waals surface area contributed by atoms with E-state index in [1.165, 1.54) is 25.1 Å². The second kappa shape index (κ2) is 10.3. The molecular formula is C27H35N5O. The van der Waals surface area contributed by atoms with Crippen molar-refractivity contribution in [1.29, 1.82) is 0 Å². The molecule has 1 saturated heterocycles. The number of benzene rings is 1. The van der Waals surface area contributed by atoms with Crippen LogP contribution < -0.4 is 5.32 Å². The number of pyridine rings is 1. The van der Waals surface area contributed by atoms with Crippen LogP contribution in [0.3, 0.4) is 0 Å². The van der Waals surface area contributed by atoms with Gasteiger partial charge >= 0.3 is 0 Å². The number of rotatable bonds is 7. The number of nitrogens with zero attached hydrogens (tertiary/aromatic N) is 4. The molecule has 2 atom stereocenters. The van der Waals surface area contributed by atoms with Gasteiger partial charge in [-0.25, -0.2) is 9.67 Å². The lowest BCUT2D eigenvalue weighted by Crippen LogP contribution is -2.38. The first-order chi connectivity index (χ1) is 15.9. The molecule has 0 spiro atoms. The molecule has 2 unspecified atom stereocenters. The highest BCUT2D eigenvalue weighted by molar-refractivity contribution is 5.95. The van der Waals surface area contributed by atoms with Gasteiger partial charge in [-0.05, 0) is 47.4 Å². The van der Waals surface area contributed by atoms with Crippen LogP contribution in [0.2, 0.25) is 0 Å². The number of likely N-dealkylation sites (tertiary alicyclic amines) is 1. The Labute approximate surface area is 197 Å². The van der Waals surface area contributed by atoms with Crippen molar-refractivity contribution in [3.05, 3.63) is 77.2 Å². The molecule has 1 N–H and O–H groups in total. The van der Waals surface area contributed by atoms with Gasteiger partial charge in [0, 0.05) is 32.4 Å². The predicted octanol–water partition coefficient (Wildman–Crippen LogP) is 4.80. The SMILES string of the molecule is CC1CC(C)CN(Cc2ccc(CNC(=O)c3cnn(-c4ccccn4)c3C(C)C)cc2)C1. The third-order valence-electron chi connectivity index (χ3n) is 6.29. The predicted molar refractivity (Wildman–Crippen MR) is 131 cm³/mol. The Morgan fingerprint density at radius 1 is 1.06 bits per heavy atom. The summed E-state index contributed by atoms with van der Waals surface area (Å²) in [5.74, 6) is 2.27. The number of nitrogens with one attached hydrogen (secondary N) is 1. The number of hydrogen-bond donors (Lipinski definition) is 1. The molecule has 33 heavy (non-hydrogen) atoms. The molecule has 1 aliphatic heterocycles. The molecule has 0 aliphatic carbocycles. The first kappa shape index (κ1) is 23.2. The van der Waals surface area contributed by atoms with Gasteiger partial charge in [0.2, 0.25) is 0 Å². The molecule has 0 saturated carbocycles. The van der Waals surface area contributed by atoms with Crippen LogP contribution >= 0.6 is 0 Å². The zero-order valence-electron chi connectivity index (χ0n) is 20.2. The third-order valence-corrected chi connectivity index (χ3v) is 6.29. The number of piperidine rings is 1. The van der Waals surface area contributed by atoms with Crippen molar-refractivity contribution >= 4 is 5.91 Å². The van der Waals surface area contributed by atoms with Crippen molar-refractivity contribution in [2.24, 2.45) is 11.8 Å². The van der Waals surface area contributed by atoms with Gasteiger partial charge in [-0.1, -0.05) is 58.0 Å². The van der Waals surface area contributed by atoms with Crippen LogP contribution in [0.1, 0.15) is 67.2 Å². The summed E-state index contributed by atoms with van der Waals surface area (Å²) in [6, 6.07) is 14.3. The average molecular weight is 446 g/mol. The molecule has 1 amide bonds. The molecule has 3 aromatic rings. The van der Waals surface area contributed by atoms with Crippen molar-refractivity contribution in [3.8, 4) is 5.82 Å². The van der Waals surface area contributed by atoms with E-state index in [9.17, 15) is 4.79 Å². The Hall–Kier alpha value is -2.99. The van der Waals surface area contributed by atoms with Crippen LogP contribution in [0.5, 0.6) is 0 Å². The summed E-state index contributed by atoms with van der Waals surface area (Å²) in [6.45, 7) is 12.7. The maximum Gasteiger partial charge on any atom is 0.255 e. The van der Waals surface area contributed by atoms with Crippen molar-refractivity contribution in [2.45, 2.75) is 53.1 Å². The van der Waals surface area contributed by atoms with Crippen LogP contribution in [-0.4, -0.2) is 38.7 Å². The monoisotopic (exact) mass is 445 g/mol. The standard InChI is InChI=1S/C27H35N5O/c1-19(2)26-24(15-30-32(26)25-7-5-6-12-28-25)27(33)29-14-22-8-10-23(11-9-22)18-31-16-20(3)13-21(4)17-31/h5-12,15,19-21H,13-14,16-18H2,1-4H3,(H,29,33). The summed E-state index contributed by atoms with van der Waals surface area (Å²) < 4.78 is 1.76. The molecule has 174 valence electrons. The first-order valence-corrected chi connectivity index (χ1v) is 12.0. The van der Waals surface area contributed by atoms with E-state index in [1.54, 1.807) is 17.1 Å². The number of hydrogen-bond acceptors (Lipinski definition) is 4. The Morgan fingerprint density at radius 3 is 2.39 bits per heavy atom. The molecule has 4 rings (SSSR count). The molecule has 6 heteroatoms. The highest BCUT2D eigenvalue weighted by atomic mass is 16.1. The lowest BCUT2D eigenvalue weighted by atomic mass is 9.91. The van der Waals surface area contributed by atoms with Gasteiger partial charge in [0.15, 0.2) is 5.82 Å². The summed E-state index contributed by atoms with van der Waals surface area (Å²) in [7, 11) is 0. The molecule has 1 aliphatic rings. The highest BCUT2D eigenvalue weighted by Gasteiger charge is 2.22. The molecular weight excluding hydrogens is 410 g/mol. The molecule has 0 bridgehead atoms. The maximum absolute atomic E-state index is 13.0. The Balaban J connectivity index is 1.38. The molecule has 1 aromatic carbocycles. The Kier molecular flexibility index (Phi) is 7.23. The lowest BCUT2D eigenvalue weighted by Gasteiger charge is -2.35. The maximum atomic E-state index is 13.0. The van der Waals surface area contributed by atoms with Crippen LogP contribution in [0.15, 0.2) is 54.9 Å². The van der Waals surface area contributed by atoms with Crippen molar-refractivity contribution in [3.63, 3.8) is 0 Å². The van der Waals surface area contributed by atoms with E-state index in [0.29, 0.717) is 17.9 Å². The molecule has 0 radical (unpaired) electrons. The van der Waals surface area contributed by atoms with Crippen molar-refractivity contribution in [2.75, 3.05) is 13.1 Å². The molecule has 3 heterocycles. The van der Waals surface area contributed by atoms with E-state index >= 15 is 0 Å². The minimum absolute atomic E-state index is 0.110. The van der Waals surface area contributed by atoms with E-state index in [2.05, 4.69) is 72.3 Å². The second-order valence-corrected chi connectivity index (χ2v) is 9.84. The fourth-order valence-electron chi connectivity index (χ4n) is 4.97. The van der Waals surface area contributed by atoms with Gasteiger partial charge in [-0.15, -0.1) is 0 Å². The zero-order chi connectivity index (χ0) is 23.4. The summed E-state index contributed by atoms with van der Waals surface area (Å²) in [5, 5.41) is 7.51. The van der Waals surface area contributed by atoms with E-state index in [-0.39, 0.29) is 11.8 Å². The van der Waals surface area contributed by atoms with Crippen LogP contribution in [0, 0.1) is 11.8 Å². The smallest absolute Gasteiger partial charge is 0.255 e. The van der Waals surface area contributed by atoms with E-state index in [4.69, 9.17) is 0 Å². The van der Waals surface area contributed by atoms with E-state index in [1.807, 2.05) is 18.2 Å². The average Bonchev–Trinajstić information content (AvgIpc) is 3.24. The van der Waals surface area contributed by atoms with Gasteiger partial charge in [-0.3, -0.25) is 9.69 Å². The molecule has 2 aromatic heterocycles. The second-order valence-electron chi connectivity index (χ2n) is 9.84. The first-order valence-electron chi connectivity index (χ1n) is 12.0. The van der Waals surface area contributed by atoms with E-state index in [0.717, 1.165) is 29.6 Å². The van der Waals surface area contributed by atoms with Gasteiger partial charge in [0.1, 0.15) is 0 Å². The zero-order valence-corrected chi connectivity index (χ0v) is 20.2. The fourth-order valence-corrected chi connectivity index (χ4v) is 4.97. The Bertz CT molecular complexity index is 1050. The van der Waals surface area contributed by atoms with Crippen molar-refractivity contribution in [1.82, 2.24) is 25.0 Å². The minimum atomic E-state index is -0.110. The lowest BCUT2D eigenvalue weighted by molar-refractivity contribution is 0.0949. The molecule has 6 nitrogen and oxygen atoms in total. The summed E-state index contributed by atoms with van der Waals surface area (Å²) in [5.41, 5.74) is 3.88. The number of carbonyl (C=O) groups is 1. The quantitative estimate of drug-likeness (QED) is 0.567. The van der Waals surface area contributed by atoms with Crippen LogP contribution in [0.25, 0.3) is 5.82 Å². The number of aromatic nitrogens is 3. The molecule has 1 fully saturated rings. The number of carbonyl (C=O) groups excluding carboxylic acids is 1. The normalized spacial score (nSPS) is 19.1. The van der Waals surface area contributed by atoms with Gasteiger partial charge in [0.05, 0.1) is 17.5 Å². The third kappa shape index (κ3) is 5.69. The van der Waals surface area contributed by atoms with Gasteiger partial charge in [0.25, 0.3) is 5.91 Å². The largest absolute Gasteiger partial charge is 0.348 e. The van der Waals surface area contributed by atoms with E-state index < -0.39 is 0 Å². The minimum Gasteiger partial charge on any atom is -0.348 e. The van der Waals surface area contributed by atoms with Gasteiger partial charge in [-0.2, -0.15) is 5.10 Å². The van der Waals surface area contributed by atoms with Crippen molar-refractivity contribution < 1.29 is 4.79 Å². The topological polar surface area (TPSA) is 63.1 Å². The summed E-state index contributed by atoms with van der Waals surface area (Å²) in [4.78, 5) is 19.9. The van der Waals surface area contributed by atoms with Crippen LogP contribution in [-0.2, 0) is 13.1 Å². The van der Waals surface area contributed by atoms with Crippen LogP contribution in [0.4, 0.5) is 0 Å². The summed E-state index contributed by atoms with van der Waals surface area (Å²) >= 11 is 0. The fraction of sp³-hybridized carbons (Fsp3) is 0.444.